The summed E-state index contributed by atoms with van der Waals surface area (Å²) in [6, 6.07) is 3.64. The molecule has 2 N–H and O–H groups in total. The highest BCUT2D eigenvalue weighted by atomic mass is 16.2. The monoisotopic (exact) mass is 207 g/mol. The standard InChI is InChI=1S/C11H17N3O/c1-8-9(6-5-7-13-8)14-10(15)11(2,3)12-4/h5-7,12H,1-4H3,(H,14,15). The van der Waals surface area contributed by atoms with Crippen LogP contribution in [0.2, 0.25) is 0 Å². The van der Waals surface area contributed by atoms with Crippen molar-refractivity contribution in [3.63, 3.8) is 0 Å². The van der Waals surface area contributed by atoms with Crippen LogP contribution in [0.15, 0.2) is 18.3 Å². The van der Waals surface area contributed by atoms with Gasteiger partial charge in [0.1, 0.15) is 0 Å². The van der Waals surface area contributed by atoms with Crippen LogP contribution >= 0.6 is 0 Å². The summed E-state index contributed by atoms with van der Waals surface area (Å²) in [4.78, 5) is 15.9. The Labute approximate surface area is 90.1 Å². The van der Waals surface area contributed by atoms with Gasteiger partial charge in [0.15, 0.2) is 0 Å². The van der Waals surface area contributed by atoms with Crippen LogP contribution in [-0.2, 0) is 4.79 Å². The predicted molar refractivity (Wildman–Crippen MR) is 60.7 cm³/mol. The molecule has 1 aromatic heterocycles. The number of anilines is 1. The van der Waals surface area contributed by atoms with Crippen LogP contribution in [0.3, 0.4) is 0 Å². The molecule has 0 saturated carbocycles. The second kappa shape index (κ2) is 4.40. The highest BCUT2D eigenvalue weighted by Crippen LogP contribution is 2.13. The molecule has 0 unspecified atom stereocenters. The maximum absolute atomic E-state index is 11.8. The van der Waals surface area contributed by atoms with Gasteiger partial charge in [-0.3, -0.25) is 9.78 Å². The fourth-order valence-electron chi connectivity index (χ4n) is 1.01. The van der Waals surface area contributed by atoms with Crippen molar-refractivity contribution in [2.24, 2.45) is 0 Å². The number of pyridine rings is 1. The van der Waals surface area contributed by atoms with E-state index in [2.05, 4.69) is 15.6 Å². The SMILES string of the molecule is CNC(C)(C)C(=O)Nc1cccnc1C. The van der Waals surface area contributed by atoms with Crippen LogP contribution in [0.4, 0.5) is 5.69 Å². The molecule has 0 atom stereocenters. The molecule has 0 bridgehead atoms. The van der Waals surface area contributed by atoms with Crippen molar-refractivity contribution in [3.8, 4) is 0 Å². The molecule has 0 spiro atoms. The minimum absolute atomic E-state index is 0.0684. The Morgan fingerprint density at radius 1 is 1.47 bits per heavy atom. The topological polar surface area (TPSA) is 54.0 Å². The van der Waals surface area contributed by atoms with Crippen LogP contribution < -0.4 is 10.6 Å². The summed E-state index contributed by atoms with van der Waals surface area (Å²) in [6.45, 7) is 5.52. The Morgan fingerprint density at radius 3 is 2.67 bits per heavy atom. The molecule has 1 rings (SSSR count). The van der Waals surface area contributed by atoms with Crippen molar-refractivity contribution in [2.45, 2.75) is 26.3 Å². The van der Waals surface area contributed by atoms with Gasteiger partial charge in [-0.2, -0.15) is 0 Å². The Morgan fingerprint density at radius 2 is 2.13 bits per heavy atom. The normalized spacial score (nSPS) is 11.2. The summed E-state index contributed by atoms with van der Waals surface area (Å²) in [5, 5.41) is 5.79. The molecule has 0 aliphatic heterocycles. The van der Waals surface area contributed by atoms with E-state index in [4.69, 9.17) is 0 Å². The van der Waals surface area contributed by atoms with Crippen molar-refractivity contribution in [3.05, 3.63) is 24.0 Å². The summed E-state index contributed by atoms with van der Waals surface area (Å²) in [5.74, 6) is -0.0684. The minimum atomic E-state index is -0.581. The third kappa shape index (κ3) is 2.76. The molecular formula is C11H17N3O. The van der Waals surface area contributed by atoms with E-state index in [0.29, 0.717) is 0 Å². The second-order valence-electron chi connectivity index (χ2n) is 3.97. The maximum atomic E-state index is 11.8. The maximum Gasteiger partial charge on any atom is 0.244 e. The molecule has 4 heteroatoms. The number of carbonyl (C=O) groups is 1. The smallest absolute Gasteiger partial charge is 0.244 e. The van der Waals surface area contributed by atoms with Crippen LogP contribution in [0.25, 0.3) is 0 Å². The van der Waals surface area contributed by atoms with E-state index in [1.165, 1.54) is 0 Å². The Kier molecular flexibility index (Phi) is 3.42. The zero-order chi connectivity index (χ0) is 11.5. The molecule has 0 aliphatic rings. The van der Waals surface area contributed by atoms with Gasteiger partial charge in [0, 0.05) is 6.20 Å². The van der Waals surface area contributed by atoms with Gasteiger partial charge in [-0.1, -0.05) is 0 Å². The van der Waals surface area contributed by atoms with Gasteiger partial charge in [-0.05, 0) is 40.0 Å². The number of aryl methyl sites for hydroxylation is 1. The van der Waals surface area contributed by atoms with Gasteiger partial charge in [0.25, 0.3) is 0 Å². The van der Waals surface area contributed by atoms with Crippen molar-refractivity contribution in [1.82, 2.24) is 10.3 Å². The van der Waals surface area contributed by atoms with E-state index >= 15 is 0 Å². The van der Waals surface area contributed by atoms with Gasteiger partial charge in [0.05, 0.1) is 16.9 Å². The van der Waals surface area contributed by atoms with Gasteiger partial charge in [0.2, 0.25) is 5.91 Å². The highest BCUT2D eigenvalue weighted by Gasteiger charge is 2.25. The molecule has 82 valence electrons. The molecule has 1 heterocycles. The molecule has 4 nitrogen and oxygen atoms in total. The second-order valence-corrected chi connectivity index (χ2v) is 3.97. The van der Waals surface area contributed by atoms with Gasteiger partial charge in [-0.25, -0.2) is 0 Å². The summed E-state index contributed by atoms with van der Waals surface area (Å²) in [6.07, 6.45) is 1.70. The number of likely N-dealkylation sites (N-methyl/N-ethyl adjacent to an activating group) is 1. The number of rotatable bonds is 3. The van der Waals surface area contributed by atoms with E-state index in [9.17, 15) is 4.79 Å². The molecule has 0 fully saturated rings. The molecule has 15 heavy (non-hydrogen) atoms. The van der Waals surface area contributed by atoms with Gasteiger partial charge in [-0.15, -0.1) is 0 Å². The zero-order valence-corrected chi connectivity index (χ0v) is 9.59. The van der Waals surface area contributed by atoms with E-state index in [1.807, 2.05) is 26.8 Å². The van der Waals surface area contributed by atoms with Crippen LogP contribution in [0, 0.1) is 6.92 Å². The van der Waals surface area contributed by atoms with Crippen molar-refractivity contribution in [1.29, 1.82) is 0 Å². The lowest BCUT2D eigenvalue weighted by atomic mass is 10.1. The number of hydrogen-bond donors (Lipinski definition) is 2. The first-order chi connectivity index (χ1) is 6.97. The minimum Gasteiger partial charge on any atom is -0.323 e. The third-order valence-electron chi connectivity index (χ3n) is 2.45. The van der Waals surface area contributed by atoms with Crippen molar-refractivity contribution >= 4 is 11.6 Å². The molecule has 1 amide bonds. The van der Waals surface area contributed by atoms with Gasteiger partial charge >= 0.3 is 0 Å². The summed E-state index contributed by atoms with van der Waals surface area (Å²) >= 11 is 0. The van der Waals surface area contributed by atoms with Gasteiger partial charge < -0.3 is 10.6 Å². The average molecular weight is 207 g/mol. The van der Waals surface area contributed by atoms with Crippen LogP contribution in [-0.4, -0.2) is 23.5 Å². The molecule has 0 aromatic carbocycles. The van der Waals surface area contributed by atoms with Crippen molar-refractivity contribution in [2.75, 3.05) is 12.4 Å². The lowest BCUT2D eigenvalue weighted by molar-refractivity contribution is -0.121. The first kappa shape index (κ1) is 11.7. The van der Waals surface area contributed by atoms with E-state index in [-0.39, 0.29) is 5.91 Å². The average Bonchev–Trinajstić information content (AvgIpc) is 2.21. The summed E-state index contributed by atoms with van der Waals surface area (Å²) in [7, 11) is 1.76. The molecule has 0 aliphatic carbocycles. The van der Waals surface area contributed by atoms with Crippen molar-refractivity contribution < 1.29 is 4.79 Å². The predicted octanol–water partition coefficient (Wildman–Crippen LogP) is 1.33. The quantitative estimate of drug-likeness (QED) is 0.786. The largest absolute Gasteiger partial charge is 0.323 e. The number of nitrogens with one attached hydrogen (secondary N) is 2. The number of aromatic nitrogens is 1. The lowest BCUT2D eigenvalue weighted by Crippen LogP contribution is -2.48. The number of hydrogen-bond acceptors (Lipinski definition) is 3. The fraction of sp³-hybridized carbons (Fsp3) is 0.455. The Balaban J connectivity index is 2.80. The number of carbonyl (C=O) groups excluding carboxylic acids is 1. The van der Waals surface area contributed by atoms with E-state index in [0.717, 1.165) is 11.4 Å². The summed E-state index contributed by atoms with van der Waals surface area (Å²) < 4.78 is 0. The Bertz CT molecular complexity index is 361. The molecular weight excluding hydrogens is 190 g/mol. The molecule has 0 radical (unpaired) electrons. The Hall–Kier alpha value is -1.42. The molecule has 0 saturated heterocycles. The third-order valence-corrected chi connectivity index (χ3v) is 2.45. The van der Waals surface area contributed by atoms with Crippen LogP contribution in [0.1, 0.15) is 19.5 Å². The lowest BCUT2D eigenvalue weighted by Gasteiger charge is -2.23. The highest BCUT2D eigenvalue weighted by molar-refractivity contribution is 5.97. The molecule has 1 aromatic rings. The number of nitrogens with zero attached hydrogens (tertiary/aromatic N) is 1. The number of amides is 1. The van der Waals surface area contributed by atoms with Crippen LogP contribution in [0.5, 0.6) is 0 Å². The first-order valence-electron chi connectivity index (χ1n) is 4.89. The van der Waals surface area contributed by atoms with E-state index < -0.39 is 5.54 Å². The van der Waals surface area contributed by atoms with E-state index in [1.54, 1.807) is 19.3 Å². The summed E-state index contributed by atoms with van der Waals surface area (Å²) in [5.41, 5.74) is 0.992. The fourth-order valence-corrected chi connectivity index (χ4v) is 1.01. The zero-order valence-electron chi connectivity index (χ0n) is 9.59. The first-order valence-corrected chi connectivity index (χ1v) is 4.89.